The topological polar surface area (TPSA) is 64.7 Å². The minimum absolute atomic E-state index is 0.479. The average molecular weight is 307 g/mol. The van der Waals surface area contributed by atoms with Gasteiger partial charge in [-0.2, -0.15) is 0 Å². The lowest BCUT2D eigenvalue weighted by Gasteiger charge is -2.10. The Kier molecular flexibility index (Phi) is 3.91. The van der Waals surface area contributed by atoms with Gasteiger partial charge in [-0.15, -0.1) is 0 Å². The molecule has 0 aromatic carbocycles. The van der Waals surface area contributed by atoms with Gasteiger partial charge in [-0.05, 0) is 40.4 Å². The van der Waals surface area contributed by atoms with Gasteiger partial charge in [-0.3, -0.25) is 4.98 Å². The monoisotopic (exact) mass is 306 g/mol. The van der Waals surface area contributed by atoms with Crippen molar-refractivity contribution < 1.29 is 0 Å². The molecule has 0 amide bonds. The van der Waals surface area contributed by atoms with Gasteiger partial charge in [-0.1, -0.05) is 13.8 Å². The van der Waals surface area contributed by atoms with E-state index in [2.05, 4.69) is 44.7 Å². The van der Waals surface area contributed by atoms with Gasteiger partial charge in [0.2, 0.25) is 0 Å². The van der Waals surface area contributed by atoms with Crippen LogP contribution in [0.15, 0.2) is 29.0 Å². The molecule has 18 heavy (non-hydrogen) atoms. The molecule has 0 spiro atoms. The highest BCUT2D eigenvalue weighted by Crippen LogP contribution is 2.26. The van der Waals surface area contributed by atoms with Gasteiger partial charge >= 0.3 is 0 Å². The number of anilines is 1. The first-order valence-corrected chi connectivity index (χ1v) is 6.59. The van der Waals surface area contributed by atoms with Crippen LogP contribution in [0, 0.1) is 5.92 Å². The summed E-state index contributed by atoms with van der Waals surface area (Å²) in [6.07, 6.45) is 4.31. The highest BCUT2D eigenvalue weighted by atomic mass is 79.9. The fourth-order valence-corrected chi connectivity index (χ4v) is 2.00. The molecule has 4 nitrogen and oxygen atoms in total. The summed E-state index contributed by atoms with van der Waals surface area (Å²) in [4.78, 5) is 12.9. The Bertz CT molecular complexity index is 540. The SMILES string of the molecule is CC(C)Cc1nc(-c2ccncc2)nc(N)c1Br. The molecule has 2 heterocycles. The molecule has 0 atom stereocenters. The van der Waals surface area contributed by atoms with E-state index in [9.17, 15) is 0 Å². The number of nitrogens with zero attached hydrogens (tertiary/aromatic N) is 3. The number of halogens is 1. The molecule has 0 bridgehead atoms. The number of hydrogen-bond donors (Lipinski definition) is 1. The highest BCUT2D eigenvalue weighted by molar-refractivity contribution is 9.10. The van der Waals surface area contributed by atoms with Crippen LogP contribution in [0.2, 0.25) is 0 Å². The Morgan fingerprint density at radius 1 is 1.22 bits per heavy atom. The van der Waals surface area contributed by atoms with E-state index in [1.807, 2.05) is 12.1 Å². The van der Waals surface area contributed by atoms with Crippen molar-refractivity contribution in [1.29, 1.82) is 0 Å². The first-order chi connectivity index (χ1) is 8.58. The zero-order valence-electron chi connectivity index (χ0n) is 10.4. The third-order valence-corrected chi connectivity index (χ3v) is 3.35. The molecule has 0 fully saturated rings. The van der Waals surface area contributed by atoms with Crippen LogP contribution in [0.3, 0.4) is 0 Å². The van der Waals surface area contributed by atoms with E-state index in [1.54, 1.807) is 12.4 Å². The summed E-state index contributed by atoms with van der Waals surface area (Å²) in [5.74, 6) is 1.64. The predicted molar refractivity (Wildman–Crippen MR) is 75.9 cm³/mol. The number of aromatic nitrogens is 3. The van der Waals surface area contributed by atoms with Gasteiger partial charge in [-0.25, -0.2) is 9.97 Å². The van der Waals surface area contributed by atoms with Crippen LogP contribution in [-0.4, -0.2) is 15.0 Å². The van der Waals surface area contributed by atoms with Crippen molar-refractivity contribution in [2.75, 3.05) is 5.73 Å². The van der Waals surface area contributed by atoms with Crippen LogP contribution < -0.4 is 5.73 Å². The second-order valence-corrected chi connectivity index (χ2v) is 5.32. The summed E-state index contributed by atoms with van der Waals surface area (Å²) in [7, 11) is 0. The predicted octanol–water partition coefficient (Wildman–Crippen LogP) is 3.08. The highest BCUT2D eigenvalue weighted by Gasteiger charge is 2.12. The Balaban J connectivity index is 2.47. The number of rotatable bonds is 3. The molecule has 0 unspecified atom stereocenters. The standard InChI is InChI=1S/C13H15BrN4/c1-8(2)7-10-11(14)12(15)18-13(17-10)9-3-5-16-6-4-9/h3-6,8H,7H2,1-2H3,(H2,15,17,18). The Morgan fingerprint density at radius 3 is 2.50 bits per heavy atom. The molecule has 5 heteroatoms. The fourth-order valence-electron chi connectivity index (χ4n) is 1.66. The lowest BCUT2D eigenvalue weighted by Crippen LogP contribution is -2.05. The van der Waals surface area contributed by atoms with Crippen LogP contribution in [0.1, 0.15) is 19.5 Å². The van der Waals surface area contributed by atoms with E-state index in [0.29, 0.717) is 17.6 Å². The van der Waals surface area contributed by atoms with Crippen molar-refractivity contribution in [2.24, 2.45) is 5.92 Å². The van der Waals surface area contributed by atoms with Crippen molar-refractivity contribution in [3.8, 4) is 11.4 Å². The summed E-state index contributed by atoms with van der Waals surface area (Å²) < 4.78 is 0.800. The lowest BCUT2D eigenvalue weighted by molar-refractivity contribution is 0.633. The normalized spacial score (nSPS) is 10.9. The number of nitrogen functional groups attached to an aromatic ring is 1. The van der Waals surface area contributed by atoms with Gasteiger partial charge in [0.25, 0.3) is 0 Å². The van der Waals surface area contributed by atoms with Crippen LogP contribution in [0.4, 0.5) is 5.82 Å². The first-order valence-electron chi connectivity index (χ1n) is 5.80. The van der Waals surface area contributed by atoms with Gasteiger partial charge < -0.3 is 5.73 Å². The minimum Gasteiger partial charge on any atom is -0.383 e. The minimum atomic E-state index is 0.479. The van der Waals surface area contributed by atoms with Crippen molar-refractivity contribution in [3.05, 3.63) is 34.7 Å². The molecule has 2 rings (SSSR count). The zero-order valence-corrected chi connectivity index (χ0v) is 12.0. The van der Waals surface area contributed by atoms with Crippen molar-refractivity contribution in [3.63, 3.8) is 0 Å². The summed E-state index contributed by atoms with van der Waals surface area (Å²) in [6.45, 7) is 4.30. The molecule has 0 aliphatic heterocycles. The molecular formula is C13H15BrN4. The van der Waals surface area contributed by atoms with E-state index in [1.165, 1.54) is 0 Å². The Morgan fingerprint density at radius 2 is 1.89 bits per heavy atom. The van der Waals surface area contributed by atoms with E-state index in [0.717, 1.165) is 22.2 Å². The lowest BCUT2D eigenvalue weighted by atomic mass is 10.1. The first kappa shape index (κ1) is 13.0. The van der Waals surface area contributed by atoms with E-state index >= 15 is 0 Å². The number of pyridine rings is 1. The molecule has 2 N–H and O–H groups in total. The summed E-state index contributed by atoms with van der Waals surface area (Å²) in [5.41, 5.74) is 7.79. The maximum atomic E-state index is 5.92. The van der Waals surface area contributed by atoms with Gasteiger partial charge in [0.15, 0.2) is 5.82 Å². The maximum absolute atomic E-state index is 5.92. The summed E-state index contributed by atoms with van der Waals surface area (Å²) >= 11 is 3.45. The molecule has 2 aromatic heterocycles. The smallest absolute Gasteiger partial charge is 0.161 e. The van der Waals surface area contributed by atoms with Crippen LogP contribution in [0.5, 0.6) is 0 Å². The largest absolute Gasteiger partial charge is 0.383 e. The van der Waals surface area contributed by atoms with E-state index < -0.39 is 0 Å². The third kappa shape index (κ3) is 2.85. The Hall–Kier alpha value is -1.49. The molecule has 0 aliphatic rings. The molecule has 0 aliphatic carbocycles. The van der Waals surface area contributed by atoms with Crippen LogP contribution in [0.25, 0.3) is 11.4 Å². The molecule has 2 aromatic rings. The zero-order chi connectivity index (χ0) is 13.1. The van der Waals surface area contributed by atoms with Crippen molar-refractivity contribution in [2.45, 2.75) is 20.3 Å². The van der Waals surface area contributed by atoms with Crippen molar-refractivity contribution in [1.82, 2.24) is 15.0 Å². The molecular weight excluding hydrogens is 292 g/mol. The number of nitrogens with two attached hydrogens (primary N) is 1. The Labute approximate surface area is 115 Å². The van der Waals surface area contributed by atoms with E-state index in [4.69, 9.17) is 5.73 Å². The number of hydrogen-bond acceptors (Lipinski definition) is 4. The molecule has 94 valence electrons. The second kappa shape index (κ2) is 5.44. The molecule has 0 radical (unpaired) electrons. The van der Waals surface area contributed by atoms with Gasteiger partial charge in [0.1, 0.15) is 5.82 Å². The van der Waals surface area contributed by atoms with Gasteiger partial charge in [0, 0.05) is 18.0 Å². The maximum Gasteiger partial charge on any atom is 0.161 e. The summed E-state index contributed by atoms with van der Waals surface area (Å²) in [6, 6.07) is 3.75. The molecule has 0 saturated heterocycles. The fraction of sp³-hybridized carbons (Fsp3) is 0.308. The quantitative estimate of drug-likeness (QED) is 0.946. The second-order valence-electron chi connectivity index (χ2n) is 4.53. The van der Waals surface area contributed by atoms with Crippen LogP contribution in [-0.2, 0) is 6.42 Å². The van der Waals surface area contributed by atoms with Gasteiger partial charge in [0.05, 0.1) is 10.2 Å². The van der Waals surface area contributed by atoms with E-state index in [-0.39, 0.29) is 0 Å². The third-order valence-electron chi connectivity index (χ3n) is 2.49. The van der Waals surface area contributed by atoms with Crippen LogP contribution >= 0.6 is 15.9 Å². The average Bonchev–Trinajstić information content (AvgIpc) is 2.35. The van der Waals surface area contributed by atoms with Crippen molar-refractivity contribution >= 4 is 21.7 Å². The molecule has 0 saturated carbocycles. The summed E-state index contributed by atoms with van der Waals surface area (Å²) in [5, 5.41) is 0.